The molecule has 0 spiro atoms. The summed E-state index contributed by atoms with van der Waals surface area (Å²) in [7, 11) is 1.72. The van der Waals surface area contributed by atoms with E-state index in [2.05, 4.69) is 0 Å². The van der Waals surface area contributed by atoms with Crippen molar-refractivity contribution in [2.75, 3.05) is 0 Å². The van der Waals surface area contributed by atoms with Crippen LogP contribution < -0.4 is 0 Å². The number of rotatable bonds is 0. The molecule has 0 aromatic rings. The van der Waals surface area contributed by atoms with Gasteiger partial charge in [-0.2, -0.15) is 0 Å². The Bertz CT molecular complexity index is 8.00. The minimum Gasteiger partial charge on any atom is -0.381 e. The van der Waals surface area contributed by atoms with E-state index in [0.717, 1.165) is 0 Å². The van der Waals surface area contributed by atoms with Gasteiger partial charge in [-0.25, -0.2) is 0 Å². The third-order valence-corrected chi connectivity index (χ3v) is 0. The predicted molar refractivity (Wildman–Crippen MR) is 13.6 cm³/mol. The maximum Gasteiger partial charge on any atom is 0.381 e. The van der Waals surface area contributed by atoms with Crippen LogP contribution in [-0.2, 0) is 9.26 Å². The molecule has 3 heteroatoms. The summed E-state index contributed by atoms with van der Waals surface area (Å²) in [5, 5.41) is 0. The van der Waals surface area contributed by atoms with Gasteiger partial charge in [0.25, 0.3) is 0 Å². The lowest BCUT2D eigenvalue weighted by molar-refractivity contribution is -0.0979. The molecule has 0 aliphatic rings. The number of carbonyl (C=O) groups is 1. The molecule has 0 heterocycles. The van der Waals surface area contributed by atoms with Crippen molar-refractivity contribution in [3.8, 4) is 0 Å². The van der Waals surface area contributed by atoms with Crippen molar-refractivity contribution < 1.29 is 9.26 Å². The van der Waals surface area contributed by atoms with Crippen LogP contribution in [0.5, 0.6) is 0 Å². The molecule has 0 aliphatic carbocycles. The van der Waals surface area contributed by atoms with E-state index in [1.807, 2.05) is 6.79 Å². The highest BCUT2D eigenvalue weighted by Gasteiger charge is 0.803. The SMILES string of the molecule is C=O.O=[Si]. The van der Waals surface area contributed by atoms with Crippen molar-refractivity contribution in [2.24, 2.45) is 0 Å². The third kappa shape index (κ3) is 8.12. The molecule has 2 nitrogen and oxygen atoms in total. The Balaban J connectivity index is 0. The summed E-state index contributed by atoms with van der Waals surface area (Å²) in [5.74, 6) is 0. The molecular weight excluding hydrogens is 72.1 g/mol. The number of hydrogen-bond acceptors (Lipinski definition) is 2. The maximum atomic E-state index is 8.06. The lowest BCUT2D eigenvalue weighted by Crippen LogP contribution is -0.969. The molecule has 2 radical (unpaired) electrons. The van der Waals surface area contributed by atoms with E-state index in [9.17, 15) is 0 Å². The molecule has 0 fully saturated rings. The summed E-state index contributed by atoms with van der Waals surface area (Å²) in [6, 6.07) is 0. The zero-order chi connectivity index (χ0) is 4.00. The first-order valence-electron chi connectivity index (χ1n) is 0.493. The molecule has 0 bridgehead atoms. The second-order valence-electron chi connectivity index (χ2n) is 0. The summed E-state index contributed by atoms with van der Waals surface area (Å²) in [6.07, 6.45) is 0. The van der Waals surface area contributed by atoms with Crippen LogP contribution >= 0.6 is 0 Å². The van der Waals surface area contributed by atoms with Gasteiger partial charge in [0.15, 0.2) is 0 Å². The van der Waals surface area contributed by atoms with Gasteiger partial charge < -0.3 is 9.26 Å². The van der Waals surface area contributed by atoms with Crippen molar-refractivity contribution in [3.63, 3.8) is 0 Å². The van der Waals surface area contributed by atoms with Crippen LogP contribution in [0.2, 0.25) is 0 Å². The fourth-order valence-electron chi connectivity index (χ4n) is 0. The number of hydrogen-bond donors (Lipinski definition) is 0. The zero-order valence-corrected chi connectivity index (χ0v) is 3.02. The molecule has 0 amide bonds. The standard InChI is InChI=1S/CH2O.OSi/c2*1-2/h1H2;. The van der Waals surface area contributed by atoms with Crippen molar-refractivity contribution >= 4 is 16.9 Å². The largest absolute Gasteiger partial charge is 0.381 e. The Labute approximate surface area is 27.3 Å². The fraction of sp³-hybridized carbons (Fsp3) is 0. The molecular formula is CH2O2Si. The normalized spacial score (nSPS) is 2.00. The Hall–Kier alpha value is -0.313. The van der Waals surface area contributed by atoms with Crippen LogP contribution in [-0.4, -0.2) is 16.9 Å². The van der Waals surface area contributed by atoms with E-state index >= 15 is 0 Å². The van der Waals surface area contributed by atoms with Crippen LogP contribution in [0.1, 0.15) is 0 Å². The van der Waals surface area contributed by atoms with Crippen LogP contribution in [0.15, 0.2) is 0 Å². The minimum absolute atomic E-state index is 1.72. The average molecular weight is 74.1 g/mol. The molecule has 0 saturated heterocycles. The Morgan fingerprint density at radius 3 is 1.25 bits per heavy atom. The second-order valence-corrected chi connectivity index (χ2v) is 0. The summed E-state index contributed by atoms with van der Waals surface area (Å²) in [6.45, 7) is 2.00. The van der Waals surface area contributed by atoms with Gasteiger partial charge in [0.1, 0.15) is 6.79 Å². The van der Waals surface area contributed by atoms with E-state index < -0.39 is 0 Å². The summed E-state index contributed by atoms with van der Waals surface area (Å²) < 4.78 is 8.06. The fourth-order valence-corrected chi connectivity index (χ4v) is 0. The van der Waals surface area contributed by atoms with E-state index in [1.165, 1.54) is 0 Å². The molecule has 0 unspecified atom stereocenters. The smallest absolute Gasteiger partial charge is 0.381 e. The Morgan fingerprint density at radius 2 is 1.25 bits per heavy atom. The van der Waals surface area contributed by atoms with Crippen LogP contribution in [0, 0.1) is 0 Å². The van der Waals surface area contributed by atoms with Crippen molar-refractivity contribution in [3.05, 3.63) is 0 Å². The average Bonchev–Trinajstić information content (AvgIpc) is 1.50. The van der Waals surface area contributed by atoms with Gasteiger partial charge >= 0.3 is 10.1 Å². The van der Waals surface area contributed by atoms with Crippen LogP contribution in [0.3, 0.4) is 0 Å². The van der Waals surface area contributed by atoms with Crippen molar-refractivity contribution in [1.82, 2.24) is 0 Å². The molecule has 22 valence electrons. The molecule has 4 heavy (non-hydrogen) atoms. The summed E-state index contributed by atoms with van der Waals surface area (Å²) in [5.41, 5.74) is 0. The van der Waals surface area contributed by atoms with Gasteiger partial charge in [-0.1, -0.05) is 0 Å². The Morgan fingerprint density at radius 1 is 1.25 bits per heavy atom. The first-order valence-corrected chi connectivity index (χ1v) is 0.901. The first-order chi connectivity index (χ1) is 2.00. The lowest BCUT2D eigenvalue weighted by Gasteiger charge is -0.837. The molecule has 0 aliphatic heterocycles. The topological polar surface area (TPSA) is 34.1 Å². The molecule has 0 aromatic heterocycles. The Kier molecular flexibility index (Phi) is 182. The highest BCUT2D eigenvalue weighted by atomic mass is 28.1. The molecule has 0 N–H and O–H groups in total. The molecule has 0 aromatic carbocycles. The van der Waals surface area contributed by atoms with Gasteiger partial charge in [0.05, 0.1) is 0 Å². The van der Waals surface area contributed by atoms with Gasteiger partial charge in [-0.15, -0.1) is 0 Å². The first kappa shape index (κ1) is 9.35. The van der Waals surface area contributed by atoms with Crippen molar-refractivity contribution in [2.45, 2.75) is 0 Å². The monoisotopic (exact) mass is 74.0 g/mol. The van der Waals surface area contributed by atoms with E-state index in [-0.39, 0.29) is 0 Å². The highest BCUT2D eigenvalue weighted by Crippen LogP contribution is 0.495. The number of carbonyl (C=O) groups excluding carboxylic acids is 1. The van der Waals surface area contributed by atoms with Gasteiger partial charge in [0, 0.05) is 0 Å². The highest BCUT2D eigenvalue weighted by molar-refractivity contribution is 5.85. The van der Waals surface area contributed by atoms with Crippen molar-refractivity contribution in [1.29, 1.82) is 0 Å². The molecule has 0 rings (SSSR count). The van der Waals surface area contributed by atoms with E-state index in [4.69, 9.17) is 9.26 Å². The second kappa shape index (κ2) is 78.0. The van der Waals surface area contributed by atoms with Gasteiger partial charge in [-0.05, 0) is 0 Å². The maximum absolute atomic E-state index is 8.06. The summed E-state index contributed by atoms with van der Waals surface area (Å²) in [4.78, 5) is 8.00. The lowest BCUT2D eigenvalue weighted by atomic mass is 11.9. The zero-order valence-electron chi connectivity index (χ0n) is 2.02. The summed E-state index contributed by atoms with van der Waals surface area (Å²) >= 11 is 0. The van der Waals surface area contributed by atoms with E-state index in [1.54, 1.807) is 10.1 Å². The van der Waals surface area contributed by atoms with Gasteiger partial charge in [0.2, 0.25) is 0 Å². The predicted octanol–water partition coefficient (Wildman–Crippen LogP) is -0.684. The van der Waals surface area contributed by atoms with Crippen LogP contribution in [0.25, 0.3) is 0 Å². The molecule has 0 saturated carbocycles. The van der Waals surface area contributed by atoms with Gasteiger partial charge in [-0.3, -0.25) is 0 Å². The van der Waals surface area contributed by atoms with Crippen LogP contribution in [0.4, 0.5) is 0 Å². The molecule has 0 atom stereocenters. The van der Waals surface area contributed by atoms with E-state index in [0.29, 0.717) is 0 Å². The third-order valence-electron chi connectivity index (χ3n) is 0. The quantitative estimate of drug-likeness (QED) is 0.356. The minimum atomic E-state index is 1.72.